The highest BCUT2D eigenvalue weighted by Crippen LogP contribution is 2.42. The Balaban J connectivity index is 2.02. The van der Waals surface area contributed by atoms with Gasteiger partial charge in [0.05, 0.1) is 6.61 Å². The summed E-state index contributed by atoms with van der Waals surface area (Å²) < 4.78 is 14.4. The number of aromatic nitrogens is 2. The molecule has 0 saturated carbocycles. The number of nitrogens with one attached hydrogen (secondary N) is 1. The SMILES string of the molecule is CC(C)[Si](OC[C@H](C)Oc1cccc(C(=O)Nc2ccn(C)n2)c1)(C(C)C)C(C)C. The predicted molar refractivity (Wildman–Crippen MR) is 125 cm³/mol. The molecule has 6 nitrogen and oxygen atoms in total. The van der Waals surface area contributed by atoms with Crippen LogP contribution < -0.4 is 10.1 Å². The van der Waals surface area contributed by atoms with E-state index in [1.807, 2.05) is 26.1 Å². The van der Waals surface area contributed by atoms with E-state index < -0.39 is 8.32 Å². The molecule has 1 aromatic carbocycles. The van der Waals surface area contributed by atoms with Crippen molar-refractivity contribution < 1.29 is 14.0 Å². The van der Waals surface area contributed by atoms with Gasteiger partial charge in [0, 0.05) is 24.9 Å². The highest BCUT2D eigenvalue weighted by atomic mass is 28.4. The van der Waals surface area contributed by atoms with Gasteiger partial charge in [-0.1, -0.05) is 47.6 Å². The minimum absolute atomic E-state index is 0.109. The maximum absolute atomic E-state index is 12.5. The van der Waals surface area contributed by atoms with Gasteiger partial charge in [0.25, 0.3) is 5.91 Å². The first-order chi connectivity index (χ1) is 14.1. The van der Waals surface area contributed by atoms with Crippen molar-refractivity contribution in [2.45, 2.75) is 71.2 Å². The molecule has 1 heterocycles. The largest absolute Gasteiger partial charge is 0.488 e. The fraction of sp³-hybridized carbons (Fsp3) is 0.565. The van der Waals surface area contributed by atoms with Crippen molar-refractivity contribution in [3.8, 4) is 5.75 Å². The Morgan fingerprint density at radius 3 is 2.23 bits per heavy atom. The number of hydrogen-bond donors (Lipinski definition) is 1. The van der Waals surface area contributed by atoms with Crippen LogP contribution in [0.4, 0.5) is 5.82 Å². The average molecular weight is 432 g/mol. The van der Waals surface area contributed by atoms with Crippen LogP contribution in [0.1, 0.15) is 58.8 Å². The highest BCUT2D eigenvalue weighted by molar-refractivity contribution is 6.77. The molecular formula is C23H37N3O3Si. The summed E-state index contributed by atoms with van der Waals surface area (Å²) in [6.07, 6.45) is 1.67. The Bertz CT molecular complexity index is 811. The van der Waals surface area contributed by atoms with Crippen LogP contribution in [0, 0.1) is 0 Å². The monoisotopic (exact) mass is 431 g/mol. The first kappa shape index (κ1) is 24.1. The summed E-state index contributed by atoms with van der Waals surface area (Å²) in [7, 11) is -0.122. The molecule has 0 unspecified atom stereocenters. The van der Waals surface area contributed by atoms with E-state index in [2.05, 4.69) is 52.0 Å². The maximum Gasteiger partial charge on any atom is 0.256 e. The van der Waals surface area contributed by atoms with E-state index in [9.17, 15) is 4.79 Å². The Morgan fingerprint density at radius 2 is 1.70 bits per heavy atom. The third kappa shape index (κ3) is 5.73. The Morgan fingerprint density at radius 1 is 1.07 bits per heavy atom. The van der Waals surface area contributed by atoms with E-state index in [0.29, 0.717) is 40.4 Å². The molecule has 2 rings (SSSR count). The van der Waals surface area contributed by atoms with Gasteiger partial charge in [-0.2, -0.15) is 5.10 Å². The zero-order chi connectivity index (χ0) is 22.5. The van der Waals surface area contributed by atoms with Crippen molar-refractivity contribution >= 4 is 20.0 Å². The Kier molecular flexibility index (Phi) is 8.26. The van der Waals surface area contributed by atoms with E-state index in [4.69, 9.17) is 9.16 Å². The molecule has 1 atom stereocenters. The summed E-state index contributed by atoms with van der Waals surface area (Å²) in [6.45, 7) is 16.2. The zero-order valence-corrected chi connectivity index (χ0v) is 20.6. The van der Waals surface area contributed by atoms with Crippen molar-refractivity contribution in [1.82, 2.24) is 9.78 Å². The van der Waals surface area contributed by atoms with E-state index in [0.717, 1.165) is 0 Å². The number of nitrogens with zero attached hydrogens (tertiary/aromatic N) is 2. The summed E-state index contributed by atoms with van der Waals surface area (Å²) >= 11 is 0. The number of anilines is 1. The lowest BCUT2D eigenvalue weighted by Gasteiger charge is -2.42. The molecule has 0 aliphatic heterocycles. The third-order valence-corrected chi connectivity index (χ3v) is 11.7. The standard InChI is InChI=1S/C23H37N3O3Si/c1-16(2)30(17(3)4,18(5)6)28-15-19(7)29-21-11-9-10-20(14-21)23(27)24-22-12-13-26(8)25-22/h9-14,16-19H,15H2,1-8H3,(H,24,25,27)/t19-/m0/s1. The minimum Gasteiger partial charge on any atom is -0.488 e. The lowest BCUT2D eigenvalue weighted by atomic mass is 10.2. The second-order valence-corrected chi connectivity index (χ2v) is 14.4. The molecule has 0 saturated heterocycles. The van der Waals surface area contributed by atoms with Crippen molar-refractivity contribution in [1.29, 1.82) is 0 Å². The quantitative estimate of drug-likeness (QED) is 0.495. The number of benzene rings is 1. The maximum atomic E-state index is 12.5. The molecule has 30 heavy (non-hydrogen) atoms. The normalized spacial score (nSPS) is 13.2. The van der Waals surface area contributed by atoms with Crippen LogP contribution in [0.2, 0.25) is 16.6 Å². The molecule has 166 valence electrons. The van der Waals surface area contributed by atoms with Crippen molar-refractivity contribution in [2.75, 3.05) is 11.9 Å². The molecule has 2 aromatic rings. The van der Waals surface area contributed by atoms with Crippen molar-refractivity contribution in [3.05, 3.63) is 42.1 Å². The molecule has 0 fully saturated rings. The van der Waals surface area contributed by atoms with Crippen LogP contribution >= 0.6 is 0 Å². The van der Waals surface area contributed by atoms with Gasteiger partial charge in [0.15, 0.2) is 5.82 Å². The van der Waals surface area contributed by atoms with Crippen LogP contribution in [0.25, 0.3) is 0 Å². The minimum atomic E-state index is -1.93. The Labute approximate surface area is 182 Å². The van der Waals surface area contributed by atoms with Crippen LogP contribution in [0.15, 0.2) is 36.5 Å². The predicted octanol–water partition coefficient (Wildman–Crippen LogP) is 5.63. The topological polar surface area (TPSA) is 65.4 Å². The molecular weight excluding hydrogens is 394 g/mol. The van der Waals surface area contributed by atoms with Crippen LogP contribution in [-0.2, 0) is 11.5 Å². The van der Waals surface area contributed by atoms with E-state index in [1.165, 1.54) is 0 Å². The van der Waals surface area contributed by atoms with Gasteiger partial charge >= 0.3 is 0 Å². The fourth-order valence-corrected chi connectivity index (χ4v) is 9.93. The van der Waals surface area contributed by atoms with Gasteiger partial charge in [0.1, 0.15) is 11.9 Å². The summed E-state index contributed by atoms with van der Waals surface area (Å²) in [6, 6.07) is 8.97. The van der Waals surface area contributed by atoms with Crippen molar-refractivity contribution in [3.63, 3.8) is 0 Å². The molecule has 7 heteroatoms. The van der Waals surface area contributed by atoms with Gasteiger partial charge in [-0.25, -0.2) is 0 Å². The van der Waals surface area contributed by atoms with E-state index >= 15 is 0 Å². The van der Waals surface area contributed by atoms with E-state index in [-0.39, 0.29) is 12.0 Å². The average Bonchev–Trinajstić information content (AvgIpc) is 3.06. The number of carbonyl (C=O) groups excluding carboxylic acids is 1. The number of carbonyl (C=O) groups is 1. The van der Waals surface area contributed by atoms with Gasteiger partial charge in [-0.15, -0.1) is 0 Å². The smallest absolute Gasteiger partial charge is 0.256 e. The summed E-state index contributed by atoms with van der Waals surface area (Å²) in [5, 5.41) is 6.97. The third-order valence-electron chi connectivity index (χ3n) is 5.66. The molecule has 0 aliphatic carbocycles. The van der Waals surface area contributed by atoms with Gasteiger partial charge in [-0.05, 0) is 41.7 Å². The summed E-state index contributed by atoms with van der Waals surface area (Å²) in [5.74, 6) is 0.965. The van der Waals surface area contributed by atoms with Gasteiger partial charge in [0.2, 0.25) is 8.32 Å². The first-order valence-electron chi connectivity index (χ1n) is 10.8. The zero-order valence-electron chi connectivity index (χ0n) is 19.6. The molecule has 0 bridgehead atoms. The number of ether oxygens (including phenoxy) is 1. The van der Waals surface area contributed by atoms with Crippen LogP contribution in [-0.4, -0.2) is 36.7 Å². The fourth-order valence-electron chi connectivity index (χ4n) is 4.41. The molecule has 1 N–H and O–H groups in total. The first-order valence-corrected chi connectivity index (χ1v) is 12.9. The second kappa shape index (κ2) is 10.3. The molecule has 0 aliphatic rings. The molecule has 0 radical (unpaired) electrons. The second-order valence-electron chi connectivity index (χ2n) is 8.91. The van der Waals surface area contributed by atoms with E-state index in [1.54, 1.807) is 29.1 Å². The Hall–Kier alpha value is -2.12. The summed E-state index contributed by atoms with van der Waals surface area (Å²) in [5.41, 5.74) is 2.12. The number of aryl methyl sites for hydroxylation is 1. The molecule has 1 amide bonds. The number of hydrogen-bond acceptors (Lipinski definition) is 4. The van der Waals surface area contributed by atoms with Crippen LogP contribution in [0.3, 0.4) is 0 Å². The summed E-state index contributed by atoms with van der Waals surface area (Å²) in [4.78, 5) is 12.5. The lowest BCUT2D eigenvalue weighted by molar-refractivity contribution is 0.102. The number of rotatable bonds is 10. The van der Waals surface area contributed by atoms with Crippen LogP contribution in [0.5, 0.6) is 5.75 Å². The highest BCUT2D eigenvalue weighted by Gasteiger charge is 2.45. The van der Waals surface area contributed by atoms with Gasteiger partial charge in [-0.3, -0.25) is 9.48 Å². The van der Waals surface area contributed by atoms with Crippen molar-refractivity contribution in [2.24, 2.45) is 7.05 Å². The molecule has 0 spiro atoms. The number of amides is 1. The van der Waals surface area contributed by atoms with Gasteiger partial charge < -0.3 is 14.5 Å². The molecule has 1 aromatic heterocycles. The lowest BCUT2D eigenvalue weighted by Crippen LogP contribution is -2.49.